The first-order chi connectivity index (χ1) is 26.3. The normalized spacial score (nSPS) is 11.9. The zero-order valence-electron chi connectivity index (χ0n) is 29.7. The molecule has 0 aliphatic carbocycles. The third-order valence-corrected chi connectivity index (χ3v) is 8.91. The van der Waals surface area contributed by atoms with Gasteiger partial charge < -0.3 is 19.3 Å². The molecule has 0 saturated carbocycles. The summed E-state index contributed by atoms with van der Waals surface area (Å²) in [6.45, 7) is 5.97. The minimum absolute atomic E-state index is 0.0684. The van der Waals surface area contributed by atoms with Gasteiger partial charge in [-0.2, -0.15) is 0 Å². The van der Waals surface area contributed by atoms with Crippen molar-refractivity contribution in [3.8, 4) is 11.5 Å². The van der Waals surface area contributed by atoms with Crippen LogP contribution in [0, 0.1) is 0 Å². The van der Waals surface area contributed by atoms with Crippen molar-refractivity contribution in [3.63, 3.8) is 0 Å². The minimum atomic E-state index is -4.74. The van der Waals surface area contributed by atoms with Crippen LogP contribution in [0.2, 0.25) is 0 Å². The van der Waals surface area contributed by atoms with Crippen LogP contribution in [-0.2, 0) is 27.4 Å². The van der Waals surface area contributed by atoms with Crippen molar-refractivity contribution in [1.29, 1.82) is 0 Å². The smallest absolute Gasteiger partial charge is 0.481 e. The number of alkyl halides is 6. The molecular weight excluding hydrogens is 791 g/mol. The van der Waals surface area contributed by atoms with Crippen LogP contribution in [0.1, 0.15) is 31.9 Å². The van der Waals surface area contributed by atoms with E-state index >= 15 is 0 Å². The van der Waals surface area contributed by atoms with Crippen molar-refractivity contribution in [2.45, 2.75) is 62.5 Å². The van der Waals surface area contributed by atoms with Crippen LogP contribution >= 0.6 is 23.5 Å². The Balaban J connectivity index is 0.000000216. The van der Waals surface area contributed by atoms with Gasteiger partial charge in [0, 0.05) is 12.4 Å². The molecule has 0 amide bonds. The first kappa shape index (κ1) is 41.7. The summed E-state index contributed by atoms with van der Waals surface area (Å²) in [6, 6.07) is 18.1. The number of hydrogen-bond acceptors (Lipinski definition) is 11. The highest BCUT2D eigenvalue weighted by atomic mass is 32.2. The molecule has 6 rings (SSSR count). The molecular formula is C36H32F6N6O6S2. The molecule has 20 heteroatoms. The van der Waals surface area contributed by atoms with Gasteiger partial charge in [-0.15, -0.1) is 26.3 Å². The number of imidazole rings is 2. The molecule has 56 heavy (non-hydrogen) atoms. The van der Waals surface area contributed by atoms with Gasteiger partial charge >= 0.3 is 24.7 Å². The third kappa shape index (κ3) is 12.5. The van der Waals surface area contributed by atoms with E-state index in [-0.39, 0.29) is 35.5 Å². The monoisotopic (exact) mass is 822 g/mol. The highest BCUT2D eigenvalue weighted by molar-refractivity contribution is 8.00. The van der Waals surface area contributed by atoms with Crippen LogP contribution in [0.3, 0.4) is 0 Å². The molecule has 6 aromatic rings. The standard InChI is InChI=1S/C20H20F3N3O3S.C16H12F3N3O3S/c1-19(2,3)29-16(27)12-30-18-25-15-5-4-10-24-17(15)26(18)11-13-6-8-14(9-7-13)28-20(21,22)23;17-16(18,19)25-11-5-3-10(4-6-11)8-22-14-12(2-1-7-20-14)21-15(22)26-9-13(23)24/h4-10H,11-12H2,1-3H3;1-7H,8-9H2,(H,23,24). The predicted octanol–water partition coefficient (Wildman–Crippen LogP) is 8.37. The molecule has 0 aliphatic heterocycles. The molecule has 0 bridgehead atoms. The molecule has 0 saturated heterocycles. The Labute approximate surface area is 323 Å². The van der Waals surface area contributed by atoms with E-state index in [4.69, 9.17) is 9.84 Å². The number of fused-ring (bicyclic) bond motifs is 2. The Hall–Kier alpha value is -5.50. The topological polar surface area (TPSA) is 143 Å². The van der Waals surface area contributed by atoms with Crippen LogP contribution in [0.15, 0.2) is 95.5 Å². The number of rotatable bonds is 12. The van der Waals surface area contributed by atoms with Gasteiger partial charge in [0.25, 0.3) is 0 Å². The highest BCUT2D eigenvalue weighted by Crippen LogP contribution is 2.28. The fourth-order valence-corrected chi connectivity index (χ4v) is 6.46. The second-order valence-corrected chi connectivity index (χ2v) is 14.5. The number of hydrogen-bond donors (Lipinski definition) is 1. The number of carbonyl (C=O) groups excluding carboxylic acids is 1. The van der Waals surface area contributed by atoms with E-state index in [0.717, 1.165) is 17.3 Å². The van der Waals surface area contributed by atoms with E-state index < -0.39 is 24.3 Å². The summed E-state index contributed by atoms with van der Waals surface area (Å²) in [5.74, 6) is -2.04. The number of ether oxygens (including phenoxy) is 3. The lowest BCUT2D eigenvalue weighted by atomic mass is 10.2. The van der Waals surface area contributed by atoms with Crippen molar-refractivity contribution >= 4 is 57.8 Å². The first-order valence-corrected chi connectivity index (χ1v) is 18.3. The molecule has 0 atom stereocenters. The number of halogens is 6. The second-order valence-electron chi connectivity index (χ2n) is 12.6. The number of benzene rings is 2. The Bertz CT molecular complexity index is 2270. The van der Waals surface area contributed by atoms with Gasteiger partial charge in [-0.05, 0) is 80.4 Å². The number of aliphatic carboxylic acids is 1. The SMILES string of the molecule is CC(C)(C)OC(=O)CSc1nc2cccnc2n1Cc1ccc(OC(F)(F)F)cc1.O=C(O)CSc1nc2cccnc2n1Cc1ccc(OC(F)(F)F)cc1. The lowest BCUT2D eigenvalue weighted by molar-refractivity contribution is -0.275. The fourth-order valence-electron chi connectivity index (χ4n) is 4.96. The zero-order valence-corrected chi connectivity index (χ0v) is 31.3. The Morgan fingerprint density at radius 1 is 0.661 bits per heavy atom. The number of carboxylic acids is 1. The van der Waals surface area contributed by atoms with Crippen molar-refractivity contribution in [2.24, 2.45) is 0 Å². The maximum absolute atomic E-state index is 12.3. The van der Waals surface area contributed by atoms with Crippen LogP contribution in [0.5, 0.6) is 11.5 Å². The van der Waals surface area contributed by atoms with Crippen molar-refractivity contribution < 1.29 is 55.2 Å². The summed E-state index contributed by atoms with van der Waals surface area (Å²) in [5.41, 5.74) is 3.28. The molecule has 0 aliphatic rings. The lowest BCUT2D eigenvalue weighted by Gasteiger charge is -2.19. The summed E-state index contributed by atoms with van der Waals surface area (Å²) >= 11 is 2.27. The molecule has 0 fully saturated rings. The van der Waals surface area contributed by atoms with Crippen LogP contribution in [0.25, 0.3) is 22.3 Å². The molecule has 296 valence electrons. The van der Waals surface area contributed by atoms with Gasteiger partial charge in [-0.1, -0.05) is 47.8 Å². The van der Waals surface area contributed by atoms with Crippen LogP contribution in [-0.4, -0.2) is 75.9 Å². The fraction of sp³-hybridized carbons (Fsp3) is 0.278. The number of nitrogens with zero attached hydrogens (tertiary/aromatic N) is 6. The van der Waals surface area contributed by atoms with E-state index in [1.807, 2.05) is 4.57 Å². The predicted molar refractivity (Wildman–Crippen MR) is 194 cm³/mol. The number of carbonyl (C=O) groups is 2. The average molecular weight is 823 g/mol. The summed E-state index contributed by atoms with van der Waals surface area (Å²) in [7, 11) is 0. The lowest BCUT2D eigenvalue weighted by Crippen LogP contribution is -2.25. The average Bonchev–Trinajstić information content (AvgIpc) is 3.63. The zero-order chi connectivity index (χ0) is 40.7. The Kier molecular flexibility index (Phi) is 13.0. The van der Waals surface area contributed by atoms with Gasteiger partial charge in [0.15, 0.2) is 21.6 Å². The van der Waals surface area contributed by atoms with Crippen LogP contribution < -0.4 is 9.47 Å². The first-order valence-electron chi connectivity index (χ1n) is 16.3. The summed E-state index contributed by atoms with van der Waals surface area (Å²) in [5, 5.41) is 9.90. The number of aromatic nitrogens is 6. The molecule has 12 nitrogen and oxygen atoms in total. The molecule has 4 heterocycles. The minimum Gasteiger partial charge on any atom is -0.481 e. The molecule has 0 spiro atoms. The second kappa shape index (κ2) is 17.5. The van der Waals surface area contributed by atoms with Crippen molar-refractivity contribution in [3.05, 3.63) is 96.3 Å². The molecule has 2 aromatic carbocycles. The number of pyridine rings is 2. The van der Waals surface area contributed by atoms with Crippen molar-refractivity contribution in [1.82, 2.24) is 29.1 Å². The van der Waals surface area contributed by atoms with Gasteiger partial charge in [0.2, 0.25) is 0 Å². The van der Waals surface area contributed by atoms with E-state index in [2.05, 4.69) is 29.4 Å². The number of thioether (sulfide) groups is 2. The quantitative estimate of drug-likeness (QED) is 0.0720. The van der Waals surface area contributed by atoms with Crippen molar-refractivity contribution in [2.75, 3.05) is 11.5 Å². The molecule has 4 aromatic heterocycles. The van der Waals surface area contributed by atoms with Gasteiger partial charge in [0.1, 0.15) is 28.1 Å². The summed E-state index contributed by atoms with van der Waals surface area (Å²) in [4.78, 5) is 40.4. The van der Waals surface area contributed by atoms with Gasteiger partial charge in [-0.25, -0.2) is 19.9 Å². The van der Waals surface area contributed by atoms with Crippen LogP contribution in [0.4, 0.5) is 26.3 Å². The van der Waals surface area contributed by atoms with E-state index in [0.29, 0.717) is 44.7 Å². The summed E-state index contributed by atoms with van der Waals surface area (Å²) < 4.78 is 90.3. The Morgan fingerprint density at radius 3 is 1.45 bits per heavy atom. The number of esters is 1. The molecule has 1 N–H and O–H groups in total. The third-order valence-electron chi connectivity index (χ3n) is 7.00. The Morgan fingerprint density at radius 2 is 1.07 bits per heavy atom. The summed E-state index contributed by atoms with van der Waals surface area (Å²) in [6.07, 6.45) is -6.26. The van der Waals surface area contributed by atoms with Gasteiger partial charge in [-0.3, -0.25) is 18.7 Å². The van der Waals surface area contributed by atoms with Gasteiger partial charge in [0.05, 0.1) is 24.6 Å². The largest absolute Gasteiger partial charge is 0.573 e. The maximum atomic E-state index is 12.3. The van der Waals surface area contributed by atoms with E-state index in [1.54, 1.807) is 62.0 Å². The van der Waals surface area contributed by atoms with E-state index in [1.165, 1.54) is 60.3 Å². The maximum Gasteiger partial charge on any atom is 0.573 e. The number of carboxylic acid groups (broad SMARTS) is 1. The van der Waals surface area contributed by atoms with E-state index in [9.17, 15) is 35.9 Å². The molecule has 0 radical (unpaired) electrons. The molecule has 0 unspecified atom stereocenters. The highest BCUT2D eigenvalue weighted by Gasteiger charge is 2.32.